The number of hydrogen-bond acceptors (Lipinski definition) is 3. The Bertz CT molecular complexity index is 682. The van der Waals surface area contributed by atoms with E-state index in [4.69, 9.17) is 0 Å². The summed E-state index contributed by atoms with van der Waals surface area (Å²) in [7, 11) is -2.85. The molecule has 0 aromatic heterocycles. The molecular weight excluding hydrogens is 331 g/mol. The van der Waals surface area contributed by atoms with Crippen LogP contribution in [0.5, 0.6) is 0 Å². The minimum absolute atomic E-state index is 0.123. The van der Waals surface area contributed by atoms with E-state index in [1.807, 2.05) is 4.90 Å². The normalized spacial score (nSPS) is 24.2. The zero-order valence-electron chi connectivity index (χ0n) is 13.7. The minimum Gasteiger partial charge on any atom is -0.331 e. The molecule has 1 amide bonds. The van der Waals surface area contributed by atoms with E-state index >= 15 is 0 Å². The molecule has 0 spiro atoms. The van der Waals surface area contributed by atoms with Crippen molar-refractivity contribution in [1.29, 1.82) is 0 Å². The number of quaternary nitrogens is 1. The first kappa shape index (κ1) is 17.4. The number of hydrogen-bond donors (Lipinski definition) is 1. The Hall–Kier alpha value is -1.47. The molecule has 0 radical (unpaired) electrons. The van der Waals surface area contributed by atoms with Crippen LogP contribution in [0.4, 0.5) is 4.39 Å². The highest BCUT2D eigenvalue weighted by Gasteiger charge is 2.37. The van der Waals surface area contributed by atoms with Gasteiger partial charge in [-0.1, -0.05) is 12.1 Å². The van der Waals surface area contributed by atoms with Gasteiger partial charge in [0.1, 0.15) is 17.6 Å². The van der Waals surface area contributed by atoms with Crippen LogP contribution in [-0.4, -0.2) is 63.0 Å². The Morgan fingerprint density at radius 2 is 1.88 bits per heavy atom. The fourth-order valence-corrected chi connectivity index (χ4v) is 5.45. The Labute approximate surface area is 142 Å². The third-order valence-electron chi connectivity index (χ3n) is 5.11. The van der Waals surface area contributed by atoms with Gasteiger partial charge in [0.15, 0.2) is 9.84 Å². The first-order chi connectivity index (χ1) is 11.4. The van der Waals surface area contributed by atoms with Crippen LogP contribution in [0.25, 0.3) is 0 Å². The molecule has 0 unspecified atom stereocenters. The summed E-state index contributed by atoms with van der Waals surface area (Å²) in [6.45, 7) is 3.02. The van der Waals surface area contributed by atoms with Crippen LogP contribution in [0.3, 0.4) is 0 Å². The summed E-state index contributed by atoms with van der Waals surface area (Å²) in [5.74, 6) is 0.456. The third kappa shape index (κ3) is 4.33. The van der Waals surface area contributed by atoms with E-state index < -0.39 is 9.84 Å². The fourth-order valence-electron chi connectivity index (χ4n) is 3.63. The highest BCUT2D eigenvalue weighted by atomic mass is 32.2. The number of halogens is 1. The van der Waals surface area contributed by atoms with Gasteiger partial charge in [0.05, 0.1) is 31.9 Å². The van der Waals surface area contributed by atoms with Crippen LogP contribution in [-0.2, 0) is 21.1 Å². The van der Waals surface area contributed by atoms with E-state index in [0.717, 1.165) is 25.1 Å². The molecule has 132 valence electrons. The summed E-state index contributed by atoms with van der Waals surface area (Å²) in [5, 5.41) is 0. The lowest BCUT2D eigenvalue weighted by molar-refractivity contribution is -0.925. The Morgan fingerprint density at radius 1 is 1.21 bits per heavy atom. The molecule has 0 bridgehead atoms. The average molecular weight is 355 g/mol. The smallest absolute Gasteiger partial charge is 0.223 e. The molecule has 3 rings (SSSR count). The molecule has 24 heavy (non-hydrogen) atoms. The zero-order valence-corrected chi connectivity index (χ0v) is 14.5. The standard InChI is InChI=1S/C17H23FN2O3S/c18-15-4-1-14(2-5-15)3-6-17(21)20-10-8-19(9-11-20)16-7-12-24(22,23)13-16/h1-2,4-5,16H,3,6-13H2/p+1/t16-/m0/s1. The van der Waals surface area contributed by atoms with Crippen LogP contribution >= 0.6 is 0 Å². The van der Waals surface area contributed by atoms with Crippen LogP contribution in [0.1, 0.15) is 18.4 Å². The minimum atomic E-state index is -2.85. The van der Waals surface area contributed by atoms with Gasteiger partial charge in [0.25, 0.3) is 0 Å². The quantitative estimate of drug-likeness (QED) is 0.805. The predicted molar refractivity (Wildman–Crippen MR) is 89.1 cm³/mol. The Balaban J connectivity index is 1.44. The lowest BCUT2D eigenvalue weighted by Gasteiger charge is -2.35. The van der Waals surface area contributed by atoms with Gasteiger partial charge in [-0.2, -0.15) is 0 Å². The second-order valence-electron chi connectivity index (χ2n) is 6.77. The van der Waals surface area contributed by atoms with Crippen molar-refractivity contribution in [2.45, 2.75) is 25.3 Å². The van der Waals surface area contributed by atoms with Crippen molar-refractivity contribution < 1.29 is 22.5 Å². The molecule has 2 aliphatic rings. The lowest BCUT2D eigenvalue weighted by Crippen LogP contribution is -3.18. The van der Waals surface area contributed by atoms with Crippen molar-refractivity contribution in [3.8, 4) is 0 Å². The Kier molecular flexibility index (Phi) is 5.20. The van der Waals surface area contributed by atoms with Crippen molar-refractivity contribution in [1.82, 2.24) is 4.90 Å². The van der Waals surface area contributed by atoms with E-state index in [1.165, 1.54) is 17.0 Å². The summed E-state index contributed by atoms with van der Waals surface area (Å²) in [5.41, 5.74) is 0.963. The molecule has 1 aromatic rings. The molecule has 0 aliphatic carbocycles. The second kappa shape index (κ2) is 7.19. The number of nitrogens with zero attached hydrogens (tertiary/aromatic N) is 1. The number of benzene rings is 1. The zero-order chi connectivity index (χ0) is 17.2. The van der Waals surface area contributed by atoms with E-state index in [2.05, 4.69) is 0 Å². The highest BCUT2D eigenvalue weighted by molar-refractivity contribution is 7.91. The molecule has 1 N–H and O–H groups in total. The average Bonchev–Trinajstić information content (AvgIpc) is 2.94. The van der Waals surface area contributed by atoms with E-state index in [1.54, 1.807) is 12.1 Å². The first-order valence-corrected chi connectivity index (χ1v) is 10.3. The van der Waals surface area contributed by atoms with Gasteiger partial charge in [-0.3, -0.25) is 4.79 Å². The van der Waals surface area contributed by atoms with Crippen molar-refractivity contribution in [3.63, 3.8) is 0 Å². The molecule has 1 aromatic carbocycles. The topological polar surface area (TPSA) is 58.9 Å². The summed E-state index contributed by atoms with van der Waals surface area (Å²) < 4.78 is 36.1. The number of rotatable bonds is 4. The van der Waals surface area contributed by atoms with Gasteiger partial charge in [-0.25, -0.2) is 12.8 Å². The summed E-state index contributed by atoms with van der Waals surface area (Å²) in [4.78, 5) is 15.5. The monoisotopic (exact) mass is 355 g/mol. The van der Waals surface area contributed by atoms with Crippen LogP contribution in [0.2, 0.25) is 0 Å². The van der Waals surface area contributed by atoms with Crippen molar-refractivity contribution in [2.24, 2.45) is 0 Å². The van der Waals surface area contributed by atoms with E-state index in [0.29, 0.717) is 37.4 Å². The number of carbonyl (C=O) groups excluding carboxylic acids is 1. The largest absolute Gasteiger partial charge is 0.331 e. The summed E-state index contributed by atoms with van der Waals surface area (Å²) in [6.07, 6.45) is 1.79. The van der Waals surface area contributed by atoms with Crippen molar-refractivity contribution in [2.75, 3.05) is 37.7 Å². The fraction of sp³-hybridized carbons (Fsp3) is 0.588. The number of amides is 1. The number of piperazine rings is 1. The van der Waals surface area contributed by atoms with Gasteiger partial charge in [-0.05, 0) is 24.1 Å². The molecular formula is C17H24FN2O3S+. The van der Waals surface area contributed by atoms with Crippen LogP contribution in [0.15, 0.2) is 24.3 Å². The van der Waals surface area contributed by atoms with Crippen molar-refractivity contribution in [3.05, 3.63) is 35.6 Å². The van der Waals surface area contributed by atoms with Gasteiger partial charge in [0.2, 0.25) is 5.91 Å². The maximum atomic E-state index is 12.9. The molecule has 1 atom stereocenters. The second-order valence-corrected chi connectivity index (χ2v) is 8.99. The molecule has 2 fully saturated rings. The molecule has 7 heteroatoms. The maximum absolute atomic E-state index is 12.9. The molecule has 2 aliphatic heterocycles. The number of nitrogens with one attached hydrogen (secondary N) is 1. The lowest BCUT2D eigenvalue weighted by atomic mass is 10.1. The Morgan fingerprint density at radius 3 is 2.46 bits per heavy atom. The highest BCUT2D eigenvalue weighted by Crippen LogP contribution is 2.10. The van der Waals surface area contributed by atoms with E-state index in [9.17, 15) is 17.6 Å². The predicted octanol–water partition coefficient (Wildman–Crippen LogP) is -0.327. The van der Waals surface area contributed by atoms with Crippen LogP contribution < -0.4 is 4.90 Å². The summed E-state index contributed by atoms with van der Waals surface area (Å²) in [6, 6.07) is 6.46. The molecule has 2 heterocycles. The summed E-state index contributed by atoms with van der Waals surface area (Å²) >= 11 is 0. The molecule has 0 saturated carbocycles. The van der Waals surface area contributed by atoms with Gasteiger partial charge in [0, 0.05) is 12.8 Å². The number of carbonyl (C=O) groups is 1. The SMILES string of the molecule is O=C(CCc1ccc(F)cc1)N1CC[NH+]([C@H]2CCS(=O)(=O)C2)CC1. The number of sulfone groups is 1. The number of aryl methyl sites for hydroxylation is 1. The van der Waals surface area contributed by atoms with Gasteiger partial charge in [-0.15, -0.1) is 0 Å². The van der Waals surface area contributed by atoms with Crippen molar-refractivity contribution >= 4 is 15.7 Å². The third-order valence-corrected chi connectivity index (χ3v) is 6.88. The van der Waals surface area contributed by atoms with Gasteiger partial charge < -0.3 is 9.80 Å². The van der Waals surface area contributed by atoms with Gasteiger partial charge >= 0.3 is 0 Å². The van der Waals surface area contributed by atoms with E-state index in [-0.39, 0.29) is 17.8 Å². The van der Waals surface area contributed by atoms with Crippen LogP contribution in [0, 0.1) is 5.82 Å². The maximum Gasteiger partial charge on any atom is 0.223 e. The molecule has 2 saturated heterocycles. The molecule has 5 nitrogen and oxygen atoms in total. The first-order valence-electron chi connectivity index (χ1n) is 8.50.